The van der Waals surface area contributed by atoms with Crippen molar-refractivity contribution in [3.8, 4) is 6.07 Å². The summed E-state index contributed by atoms with van der Waals surface area (Å²) in [5.41, 5.74) is 0.291. The molecule has 1 rings (SSSR count). The summed E-state index contributed by atoms with van der Waals surface area (Å²) >= 11 is 0. The molecule has 0 saturated carbocycles. The lowest BCUT2D eigenvalue weighted by Crippen LogP contribution is -2.28. The number of anilines is 1. The lowest BCUT2D eigenvalue weighted by atomic mass is 10.1. The summed E-state index contributed by atoms with van der Waals surface area (Å²) in [7, 11) is 0. The van der Waals surface area contributed by atoms with Crippen LogP contribution in [0, 0.1) is 17.1 Å². The highest BCUT2D eigenvalue weighted by Crippen LogP contribution is 2.17. The summed E-state index contributed by atoms with van der Waals surface area (Å²) in [4.78, 5) is 10.7. The van der Waals surface area contributed by atoms with Crippen LogP contribution in [0.3, 0.4) is 0 Å². The van der Waals surface area contributed by atoms with E-state index in [1.54, 1.807) is 13.0 Å². The largest absolute Gasteiger partial charge is 0.480 e. The molecule has 84 valence electrons. The van der Waals surface area contributed by atoms with Crippen LogP contribution in [0.1, 0.15) is 18.9 Å². The molecule has 5 heteroatoms. The van der Waals surface area contributed by atoms with E-state index >= 15 is 0 Å². The number of rotatable bonds is 4. The van der Waals surface area contributed by atoms with E-state index in [1.807, 2.05) is 0 Å². The average Bonchev–Trinajstić information content (AvgIpc) is 2.26. The first-order chi connectivity index (χ1) is 7.58. The molecular weight excluding hydrogens is 211 g/mol. The van der Waals surface area contributed by atoms with Gasteiger partial charge >= 0.3 is 5.97 Å². The maximum atomic E-state index is 13.4. The summed E-state index contributed by atoms with van der Waals surface area (Å²) < 4.78 is 13.4. The highest BCUT2D eigenvalue weighted by atomic mass is 19.1. The predicted molar refractivity (Wildman–Crippen MR) is 56.5 cm³/mol. The van der Waals surface area contributed by atoms with Gasteiger partial charge in [-0.3, -0.25) is 0 Å². The van der Waals surface area contributed by atoms with E-state index in [0.29, 0.717) is 6.42 Å². The number of benzene rings is 1. The SMILES string of the molecule is CCC(Nc1ccc(C#N)cc1F)C(=O)O. The van der Waals surface area contributed by atoms with Gasteiger partial charge in [-0.15, -0.1) is 0 Å². The van der Waals surface area contributed by atoms with E-state index in [4.69, 9.17) is 10.4 Å². The van der Waals surface area contributed by atoms with Gasteiger partial charge in [0, 0.05) is 0 Å². The molecule has 1 unspecified atom stereocenters. The first kappa shape index (κ1) is 12.0. The van der Waals surface area contributed by atoms with Crippen LogP contribution in [-0.4, -0.2) is 17.1 Å². The Labute approximate surface area is 92.3 Å². The van der Waals surface area contributed by atoms with Gasteiger partial charge in [-0.1, -0.05) is 6.92 Å². The molecule has 0 fully saturated rings. The minimum atomic E-state index is -1.04. The average molecular weight is 222 g/mol. The second-order valence-electron chi connectivity index (χ2n) is 3.25. The van der Waals surface area contributed by atoms with Crippen LogP contribution in [0.15, 0.2) is 18.2 Å². The van der Waals surface area contributed by atoms with Gasteiger partial charge in [0.15, 0.2) is 0 Å². The molecule has 0 aliphatic carbocycles. The minimum Gasteiger partial charge on any atom is -0.480 e. The molecule has 0 spiro atoms. The molecule has 0 amide bonds. The monoisotopic (exact) mass is 222 g/mol. The molecule has 2 N–H and O–H groups in total. The molecule has 0 aromatic heterocycles. The molecule has 0 heterocycles. The Morgan fingerprint density at radius 3 is 2.81 bits per heavy atom. The van der Waals surface area contributed by atoms with Crippen LogP contribution >= 0.6 is 0 Å². The molecule has 0 aliphatic rings. The number of nitriles is 1. The molecule has 4 nitrogen and oxygen atoms in total. The van der Waals surface area contributed by atoms with Crippen LogP contribution in [0.5, 0.6) is 0 Å². The third-order valence-corrected chi connectivity index (χ3v) is 2.13. The fourth-order valence-corrected chi connectivity index (χ4v) is 1.23. The molecule has 1 atom stereocenters. The summed E-state index contributed by atoms with van der Waals surface area (Å²) in [6, 6.07) is 4.83. The minimum absolute atomic E-state index is 0.0910. The Morgan fingerprint density at radius 1 is 1.69 bits per heavy atom. The van der Waals surface area contributed by atoms with E-state index in [9.17, 15) is 9.18 Å². The van der Waals surface area contributed by atoms with Crippen LogP contribution < -0.4 is 5.32 Å². The Morgan fingerprint density at radius 2 is 2.38 bits per heavy atom. The molecule has 1 aromatic carbocycles. The molecular formula is C11H11FN2O2. The fraction of sp³-hybridized carbons (Fsp3) is 0.273. The number of aliphatic carboxylic acids is 1. The number of nitrogens with zero attached hydrogens (tertiary/aromatic N) is 1. The van der Waals surface area contributed by atoms with Gasteiger partial charge in [-0.25, -0.2) is 9.18 Å². The number of nitrogens with one attached hydrogen (secondary N) is 1. The molecule has 0 saturated heterocycles. The van der Waals surface area contributed by atoms with E-state index in [0.717, 1.165) is 6.07 Å². The van der Waals surface area contributed by atoms with Gasteiger partial charge in [-0.2, -0.15) is 5.26 Å². The van der Waals surface area contributed by atoms with E-state index in [1.165, 1.54) is 12.1 Å². The lowest BCUT2D eigenvalue weighted by Gasteiger charge is -2.14. The molecule has 16 heavy (non-hydrogen) atoms. The Hall–Kier alpha value is -2.09. The standard InChI is InChI=1S/C11H11FN2O2/c1-2-9(11(15)16)14-10-4-3-7(6-13)5-8(10)12/h3-5,9,14H,2H2,1H3,(H,15,16). The molecule has 0 radical (unpaired) electrons. The van der Waals surface area contributed by atoms with Crippen LogP contribution in [0.4, 0.5) is 10.1 Å². The zero-order chi connectivity index (χ0) is 12.1. The summed E-state index contributed by atoms with van der Waals surface area (Å²) in [5.74, 6) is -1.66. The number of hydrogen-bond donors (Lipinski definition) is 2. The summed E-state index contributed by atoms with van der Waals surface area (Å²) in [6.45, 7) is 1.69. The highest BCUT2D eigenvalue weighted by Gasteiger charge is 2.16. The third kappa shape index (κ3) is 2.70. The number of halogens is 1. The number of carboxylic acids is 1. The zero-order valence-electron chi connectivity index (χ0n) is 8.70. The second kappa shape index (κ2) is 5.12. The van der Waals surface area contributed by atoms with E-state index < -0.39 is 17.8 Å². The van der Waals surface area contributed by atoms with Crippen molar-refractivity contribution in [2.75, 3.05) is 5.32 Å². The Kier molecular flexibility index (Phi) is 3.84. The zero-order valence-corrected chi connectivity index (χ0v) is 8.70. The third-order valence-electron chi connectivity index (χ3n) is 2.13. The molecule has 0 aliphatic heterocycles. The Bertz CT molecular complexity index is 440. The molecule has 1 aromatic rings. The number of carboxylic acid groups (broad SMARTS) is 1. The van der Waals surface area contributed by atoms with Crippen molar-refractivity contribution in [1.82, 2.24) is 0 Å². The lowest BCUT2D eigenvalue weighted by molar-refractivity contribution is -0.137. The topological polar surface area (TPSA) is 73.1 Å². The van der Waals surface area contributed by atoms with Gasteiger partial charge in [0.25, 0.3) is 0 Å². The van der Waals surface area contributed by atoms with Crippen molar-refractivity contribution in [1.29, 1.82) is 5.26 Å². The van der Waals surface area contributed by atoms with Gasteiger partial charge in [0.05, 0.1) is 17.3 Å². The van der Waals surface area contributed by atoms with Crippen molar-refractivity contribution in [3.63, 3.8) is 0 Å². The van der Waals surface area contributed by atoms with Crippen molar-refractivity contribution in [2.24, 2.45) is 0 Å². The smallest absolute Gasteiger partial charge is 0.326 e. The maximum Gasteiger partial charge on any atom is 0.326 e. The van der Waals surface area contributed by atoms with Crippen molar-refractivity contribution >= 4 is 11.7 Å². The fourth-order valence-electron chi connectivity index (χ4n) is 1.23. The number of hydrogen-bond acceptors (Lipinski definition) is 3. The van der Waals surface area contributed by atoms with Crippen molar-refractivity contribution in [3.05, 3.63) is 29.6 Å². The van der Waals surface area contributed by atoms with Crippen LogP contribution in [-0.2, 0) is 4.79 Å². The number of carbonyl (C=O) groups is 1. The van der Waals surface area contributed by atoms with Crippen LogP contribution in [0.25, 0.3) is 0 Å². The highest BCUT2D eigenvalue weighted by molar-refractivity contribution is 5.77. The Balaban J connectivity index is 2.90. The van der Waals surface area contributed by atoms with Gasteiger partial charge in [0.2, 0.25) is 0 Å². The van der Waals surface area contributed by atoms with Gasteiger partial charge in [-0.05, 0) is 24.6 Å². The summed E-state index contributed by atoms with van der Waals surface area (Å²) in [6.07, 6.45) is 0.342. The second-order valence-corrected chi connectivity index (χ2v) is 3.25. The van der Waals surface area contributed by atoms with Crippen molar-refractivity contribution in [2.45, 2.75) is 19.4 Å². The first-order valence-electron chi connectivity index (χ1n) is 4.77. The quantitative estimate of drug-likeness (QED) is 0.816. The van der Waals surface area contributed by atoms with Gasteiger partial charge < -0.3 is 10.4 Å². The normalized spacial score (nSPS) is 11.6. The first-order valence-corrected chi connectivity index (χ1v) is 4.77. The van der Waals surface area contributed by atoms with Crippen LogP contribution in [0.2, 0.25) is 0 Å². The van der Waals surface area contributed by atoms with Gasteiger partial charge in [0.1, 0.15) is 11.9 Å². The van der Waals surface area contributed by atoms with E-state index in [-0.39, 0.29) is 11.3 Å². The summed E-state index contributed by atoms with van der Waals surface area (Å²) in [5, 5.41) is 19.9. The maximum absolute atomic E-state index is 13.4. The van der Waals surface area contributed by atoms with E-state index in [2.05, 4.69) is 5.32 Å². The van der Waals surface area contributed by atoms with Crippen molar-refractivity contribution < 1.29 is 14.3 Å². The predicted octanol–water partition coefficient (Wildman–Crippen LogP) is 1.97. The molecule has 0 bridgehead atoms.